The van der Waals surface area contributed by atoms with E-state index in [4.69, 9.17) is 11.6 Å². The molecule has 6 nitrogen and oxygen atoms in total. The number of halogens is 1. The van der Waals surface area contributed by atoms with E-state index in [0.29, 0.717) is 6.54 Å². The normalized spacial score (nSPS) is 17.2. The van der Waals surface area contributed by atoms with Gasteiger partial charge in [0, 0.05) is 23.4 Å². The van der Waals surface area contributed by atoms with Gasteiger partial charge in [-0.25, -0.2) is 13.1 Å². The molecule has 1 aliphatic rings. The molecule has 0 aliphatic heterocycles. The van der Waals surface area contributed by atoms with Crippen molar-refractivity contribution in [2.45, 2.75) is 28.9 Å². The highest BCUT2D eigenvalue weighted by Crippen LogP contribution is 2.42. The molecule has 0 spiro atoms. The minimum Gasteiger partial charge on any atom is -0.258 e. The zero-order valence-corrected chi connectivity index (χ0v) is 13.7. The lowest BCUT2D eigenvalue weighted by Crippen LogP contribution is -2.45. The summed E-state index contributed by atoms with van der Waals surface area (Å²) >= 11 is 7.51. The fraction of sp³-hybridized carbons (Fsp3) is 0.500. The van der Waals surface area contributed by atoms with Crippen LogP contribution >= 0.6 is 23.4 Å². The average Bonchev–Trinajstić information content (AvgIpc) is 2.38. The van der Waals surface area contributed by atoms with E-state index in [1.165, 1.54) is 12.1 Å². The maximum Gasteiger partial charge on any atom is 0.270 e. The van der Waals surface area contributed by atoms with Crippen LogP contribution in [0.2, 0.25) is 5.02 Å². The van der Waals surface area contributed by atoms with Crippen molar-refractivity contribution in [3.05, 3.63) is 33.3 Å². The number of thioether (sulfide) groups is 1. The van der Waals surface area contributed by atoms with E-state index in [1.54, 1.807) is 11.8 Å². The second kappa shape index (κ2) is 6.12. The maximum atomic E-state index is 12.3. The predicted molar refractivity (Wildman–Crippen MR) is 83.4 cm³/mol. The Hall–Kier alpha value is -0.830. The van der Waals surface area contributed by atoms with Crippen molar-refractivity contribution < 1.29 is 13.3 Å². The minimum absolute atomic E-state index is 0.0279. The van der Waals surface area contributed by atoms with Crippen LogP contribution in [0.4, 0.5) is 5.69 Å². The molecule has 1 aliphatic carbocycles. The first-order valence-corrected chi connectivity index (χ1v) is 9.37. The van der Waals surface area contributed by atoms with Gasteiger partial charge < -0.3 is 0 Å². The van der Waals surface area contributed by atoms with Gasteiger partial charge in [-0.3, -0.25) is 10.1 Å². The highest BCUT2D eigenvalue weighted by molar-refractivity contribution is 8.00. The number of sulfonamides is 1. The Morgan fingerprint density at radius 2 is 2.14 bits per heavy atom. The largest absolute Gasteiger partial charge is 0.270 e. The Balaban J connectivity index is 2.23. The van der Waals surface area contributed by atoms with E-state index in [2.05, 4.69) is 4.72 Å². The molecule has 9 heteroatoms. The first-order chi connectivity index (χ1) is 9.80. The third-order valence-corrected chi connectivity index (χ3v) is 7.00. The molecule has 1 fully saturated rings. The Morgan fingerprint density at radius 1 is 1.48 bits per heavy atom. The van der Waals surface area contributed by atoms with Gasteiger partial charge in [0.05, 0.1) is 9.95 Å². The van der Waals surface area contributed by atoms with Crippen molar-refractivity contribution in [3.63, 3.8) is 0 Å². The maximum absolute atomic E-state index is 12.3. The van der Waals surface area contributed by atoms with Gasteiger partial charge in [-0.15, -0.1) is 0 Å². The number of nitro groups is 1. The molecule has 1 aromatic rings. The average molecular weight is 351 g/mol. The summed E-state index contributed by atoms with van der Waals surface area (Å²) in [7, 11) is -3.87. The molecule has 2 rings (SSSR count). The summed E-state index contributed by atoms with van der Waals surface area (Å²) in [4.78, 5) is 9.85. The number of nitrogens with zero attached hydrogens (tertiary/aromatic N) is 1. The second-order valence-corrected chi connectivity index (χ2v) is 8.35. The van der Waals surface area contributed by atoms with Gasteiger partial charge >= 0.3 is 0 Å². The van der Waals surface area contributed by atoms with Crippen LogP contribution in [-0.4, -0.2) is 30.9 Å². The summed E-state index contributed by atoms with van der Waals surface area (Å²) in [5.74, 6) is 0. The van der Waals surface area contributed by atoms with Crippen LogP contribution in [0.1, 0.15) is 19.3 Å². The van der Waals surface area contributed by atoms with Crippen molar-refractivity contribution in [2.75, 3.05) is 12.8 Å². The Bertz CT molecular complexity index is 654. The van der Waals surface area contributed by atoms with Crippen LogP contribution in [0.15, 0.2) is 23.1 Å². The first-order valence-electron chi connectivity index (χ1n) is 6.28. The van der Waals surface area contributed by atoms with Gasteiger partial charge in [0.1, 0.15) is 4.90 Å². The van der Waals surface area contributed by atoms with Crippen LogP contribution in [0.5, 0.6) is 0 Å². The molecular weight excluding hydrogens is 336 g/mol. The minimum atomic E-state index is -3.87. The summed E-state index contributed by atoms with van der Waals surface area (Å²) in [6, 6.07) is 3.38. The fourth-order valence-electron chi connectivity index (χ4n) is 2.14. The van der Waals surface area contributed by atoms with Gasteiger partial charge in [0.15, 0.2) is 0 Å². The highest BCUT2D eigenvalue weighted by Gasteiger charge is 2.37. The number of hydrogen-bond acceptors (Lipinski definition) is 5. The molecule has 0 radical (unpaired) electrons. The van der Waals surface area contributed by atoms with Crippen molar-refractivity contribution in [2.24, 2.45) is 0 Å². The summed E-state index contributed by atoms with van der Waals surface area (Å²) < 4.78 is 27.1. The van der Waals surface area contributed by atoms with Gasteiger partial charge in [0.2, 0.25) is 10.0 Å². The molecule has 1 N–H and O–H groups in total. The quantitative estimate of drug-likeness (QED) is 0.629. The number of hydrogen-bond donors (Lipinski definition) is 1. The van der Waals surface area contributed by atoms with E-state index in [0.717, 1.165) is 25.3 Å². The SMILES string of the molecule is CSC1(CNS(=O)(=O)c2cc([N+](=O)[O-])ccc2Cl)CCC1. The molecule has 0 unspecified atom stereocenters. The van der Waals surface area contributed by atoms with E-state index >= 15 is 0 Å². The van der Waals surface area contributed by atoms with Crippen LogP contribution in [0.25, 0.3) is 0 Å². The Kier molecular flexibility index (Phi) is 4.82. The van der Waals surface area contributed by atoms with Crippen LogP contribution in [0.3, 0.4) is 0 Å². The lowest BCUT2D eigenvalue weighted by atomic mass is 9.84. The van der Waals surface area contributed by atoms with Gasteiger partial charge in [0.25, 0.3) is 5.69 Å². The highest BCUT2D eigenvalue weighted by atomic mass is 35.5. The topological polar surface area (TPSA) is 89.3 Å². The van der Waals surface area contributed by atoms with Gasteiger partial charge in [-0.1, -0.05) is 18.0 Å². The van der Waals surface area contributed by atoms with Crippen molar-refractivity contribution >= 4 is 39.1 Å². The van der Waals surface area contributed by atoms with Crippen molar-refractivity contribution in [1.82, 2.24) is 4.72 Å². The molecule has 0 heterocycles. The molecule has 0 atom stereocenters. The van der Waals surface area contributed by atoms with Gasteiger partial charge in [-0.2, -0.15) is 11.8 Å². The standard InChI is InChI=1S/C12H15ClN2O4S2/c1-20-12(5-2-6-12)8-14-21(18,19)11-7-9(15(16)17)3-4-10(11)13/h3-4,7,14H,2,5-6,8H2,1H3. The smallest absolute Gasteiger partial charge is 0.258 e. The fourth-order valence-corrected chi connectivity index (χ4v) is 4.79. The lowest BCUT2D eigenvalue weighted by molar-refractivity contribution is -0.385. The third-order valence-electron chi connectivity index (χ3n) is 3.70. The van der Waals surface area contributed by atoms with Crippen molar-refractivity contribution in [3.8, 4) is 0 Å². The zero-order valence-electron chi connectivity index (χ0n) is 11.3. The summed E-state index contributed by atoms with van der Waals surface area (Å²) in [5, 5.41) is 10.7. The third kappa shape index (κ3) is 3.50. The molecule has 1 aromatic carbocycles. The van der Waals surface area contributed by atoms with Crippen LogP contribution in [0, 0.1) is 10.1 Å². The first kappa shape index (κ1) is 16.5. The predicted octanol–water partition coefficient (Wildman–Crippen LogP) is 2.81. The van der Waals surface area contributed by atoms with Crippen LogP contribution < -0.4 is 4.72 Å². The molecular formula is C12H15ClN2O4S2. The second-order valence-electron chi connectivity index (χ2n) is 4.94. The molecule has 0 aromatic heterocycles. The van der Waals surface area contributed by atoms with E-state index in [9.17, 15) is 18.5 Å². The molecule has 1 saturated carbocycles. The molecule has 0 amide bonds. The summed E-state index contributed by atoms with van der Waals surface area (Å²) in [6.07, 6.45) is 4.95. The van der Waals surface area contributed by atoms with Gasteiger partial charge in [-0.05, 0) is 25.2 Å². The van der Waals surface area contributed by atoms with Crippen LogP contribution in [-0.2, 0) is 10.0 Å². The van der Waals surface area contributed by atoms with Crippen molar-refractivity contribution in [1.29, 1.82) is 0 Å². The van der Waals surface area contributed by atoms with E-state index in [1.807, 2.05) is 6.26 Å². The molecule has 0 saturated heterocycles. The number of rotatable bonds is 6. The number of nitrogens with one attached hydrogen (secondary N) is 1. The molecule has 116 valence electrons. The molecule has 21 heavy (non-hydrogen) atoms. The summed E-state index contributed by atoms with van der Waals surface area (Å²) in [6.45, 7) is 0.301. The number of nitro benzene ring substituents is 1. The number of benzene rings is 1. The zero-order chi connectivity index (χ0) is 15.7. The lowest BCUT2D eigenvalue weighted by Gasteiger charge is -2.40. The Labute approximate surface area is 132 Å². The van der Waals surface area contributed by atoms with E-state index < -0.39 is 14.9 Å². The monoisotopic (exact) mass is 350 g/mol. The van der Waals surface area contributed by atoms with E-state index in [-0.39, 0.29) is 20.4 Å². The molecule has 0 bridgehead atoms. The number of non-ortho nitro benzene ring substituents is 1. The summed E-state index contributed by atoms with van der Waals surface area (Å²) in [5.41, 5.74) is -0.303. The Morgan fingerprint density at radius 3 is 2.62 bits per heavy atom.